The molecule has 2 heteroatoms. The molecule has 32 valence electrons. The zero-order chi connectivity index (χ0) is 4.73. The van der Waals surface area contributed by atoms with Gasteiger partial charge in [0.05, 0.1) is 11.0 Å². The molecule has 0 aromatic heterocycles. The third kappa shape index (κ3) is 0.185. The smallest absolute Gasteiger partial charge is 0.0823 e. The Kier molecular flexibility index (Phi) is 0.365. The maximum atomic E-state index is 6.82. The zero-order valence-corrected chi connectivity index (χ0v) is 3.58. The molecule has 0 aliphatic carbocycles. The highest BCUT2D eigenvalue weighted by Crippen LogP contribution is 2.05. The van der Waals surface area contributed by atoms with Gasteiger partial charge in [-0.15, -0.1) is 0 Å². The van der Waals surface area contributed by atoms with Crippen LogP contribution in [-0.4, -0.2) is 0 Å². The van der Waals surface area contributed by atoms with Crippen LogP contribution in [0.1, 0.15) is 5.56 Å². The first-order chi connectivity index (χ1) is 2.73. The fraction of sp³-hybridized carbons (Fsp3) is 0.250. The third-order valence-corrected chi connectivity index (χ3v) is 0.986. The molecule has 1 aromatic carbocycles. The molecule has 0 spiro atoms. The Balaban J connectivity index is 3.11. The number of anilines is 1. The van der Waals surface area contributed by atoms with Crippen molar-refractivity contribution in [3.8, 4) is 0 Å². The second-order valence-corrected chi connectivity index (χ2v) is 1.41. The summed E-state index contributed by atoms with van der Waals surface area (Å²) in [4.78, 5) is 0. The van der Waals surface area contributed by atoms with Gasteiger partial charge in [-0.05, 0) is 6.92 Å². The van der Waals surface area contributed by atoms with Crippen LogP contribution in [0, 0.1) is 12.3 Å². The second-order valence-electron chi connectivity index (χ2n) is 1.41. The van der Waals surface area contributed by atoms with Crippen molar-refractivity contribution in [2.45, 2.75) is 6.92 Å². The minimum absolute atomic E-state index is 0.537. The number of nitrogens with one attached hydrogen (secondary N) is 1. The normalized spacial score (nSPS) is 10.2. The molecule has 0 saturated carbocycles. The Hall–Kier alpha value is -0.790. The minimum atomic E-state index is 0.537. The van der Waals surface area contributed by atoms with Gasteiger partial charge in [-0.3, -0.25) is 5.41 Å². The standard InChI is InChI=1S/C4H6N2/c1-2-3(5)4(2)6/h5H,6H2,1H3. The molecule has 0 saturated heterocycles. The second kappa shape index (κ2) is 0.644. The molecule has 0 bridgehead atoms. The lowest BCUT2D eigenvalue weighted by Crippen LogP contribution is -1.80. The van der Waals surface area contributed by atoms with E-state index in [1.165, 1.54) is 0 Å². The van der Waals surface area contributed by atoms with Gasteiger partial charge in [-0.2, -0.15) is 0 Å². The highest BCUT2D eigenvalue weighted by Gasteiger charge is 2.05. The van der Waals surface area contributed by atoms with Crippen LogP contribution in [0.3, 0.4) is 0 Å². The van der Waals surface area contributed by atoms with E-state index in [0.29, 0.717) is 11.0 Å². The summed E-state index contributed by atoms with van der Waals surface area (Å²) in [5, 5.41) is 7.36. The fourth-order valence-corrected chi connectivity index (χ4v) is 0.301. The molecule has 0 aliphatic heterocycles. The maximum Gasteiger partial charge on any atom is 0.0823 e. The molecular formula is C4H6N2. The van der Waals surface area contributed by atoms with Crippen molar-refractivity contribution >= 4 is 5.69 Å². The Morgan fingerprint density at radius 3 is 1.83 bits per heavy atom. The van der Waals surface area contributed by atoms with Crippen molar-refractivity contribution in [3.63, 3.8) is 0 Å². The molecule has 6 heavy (non-hydrogen) atoms. The number of rotatable bonds is 0. The van der Waals surface area contributed by atoms with Gasteiger partial charge in [0.2, 0.25) is 0 Å². The molecule has 0 radical (unpaired) electrons. The van der Waals surface area contributed by atoms with Gasteiger partial charge < -0.3 is 5.73 Å². The van der Waals surface area contributed by atoms with E-state index in [4.69, 9.17) is 11.1 Å². The molecule has 0 heterocycles. The first-order valence-corrected chi connectivity index (χ1v) is 1.79. The van der Waals surface area contributed by atoms with E-state index in [-0.39, 0.29) is 0 Å². The minimum Gasteiger partial charge on any atom is -0.397 e. The highest BCUT2D eigenvalue weighted by molar-refractivity contribution is 5.57. The summed E-state index contributed by atoms with van der Waals surface area (Å²) in [6.07, 6.45) is 0. The van der Waals surface area contributed by atoms with Crippen LogP contribution in [0.4, 0.5) is 5.69 Å². The predicted molar refractivity (Wildman–Crippen MR) is 23.8 cm³/mol. The van der Waals surface area contributed by atoms with Gasteiger partial charge in [0.1, 0.15) is 0 Å². The van der Waals surface area contributed by atoms with Crippen LogP contribution < -0.4 is 11.1 Å². The van der Waals surface area contributed by atoms with Crippen LogP contribution in [0.15, 0.2) is 0 Å². The highest BCUT2D eigenvalue weighted by atomic mass is 14.7. The number of hydrogen-bond acceptors (Lipinski definition) is 2. The van der Waals surface area contributed by atoms with E-state index in [9.17, 15) is 0 Å². The monoisotopic (exact) mass is 82.1 g/mol. The first kappa shape index (κ1) is 3.40. The lowest BCUT2D eigenvalue weighted by Gasteiger charge is -1.55. The van der Waals surface area contributed by atoms with E-state index in [2.05, 4.69) is 0 Å². The van der Waals surface area contributed by atoms with Gasteiger partial charge in [0.15, 0.2) is 0 Å². The summed E-state index contributed by atoms with van der Waals surface area (Å²) >= 11 is 0. The van der Waals surface area contributed by atoms with Gasteiger partial charge >= 0.3 is 0 Å². The summed E-state index contributed by atoms with van der Waals surface area (Å²) in [6.45, 7) is 1.84. The van der Waals surface area contributed by atoms with E-state index >= 15 is 0 Å². The summed E-state index contributed by atoms with van der Waals surface area (Å²) in [7, 11) is 0. The van der Waals surface area contributed by atoms with Crippen LogP contribution in [0.2, 0.25) is 0 Å². The van der Waals surface area contributed by atoms with E-state index in [0.717, 1.165) is 5.56 Å². The zero-order valence-electron chi connectivity index (χ0n) is 3.58. The molecule has 3 N–H and O–H groups in total. The average Bonchev–Trinajstić information content (AvgIpc) is 1.94. The van der Waals surface area contributed by atoms with Crippen LogP contribution in [-0.2, 0) is 0 Å². The molecule has 0 unspecified atom stereocenters. The molecule has 2 nitrogen and oxygen atoms in total. The Morgan fingerprint density at radius 2 is 1.83 bits per heavy atom. The molecule has 0 amide bonds. The number of hydrogen-bond donors (Lipinski definition) is 2. The van der Waals surface area contributed by atoms with Crippen molar-refractivity contribution in [1.82, 2.24) is 0 Å². The molecular weight excluding hydrogens is 76.1 g/mol. The lowest BCUT2D eigenvalue weighted by molar-refractivity contribution is 1.34. The third-order valence-electron chi connectivity index (χ3n) is 0.986. The predicted octanol–water partition coefficient (Wildman–Crippen LogP) is -0.0677. The Labute approximate surface area is 35.8 Å². The summed E-state index contributed by atoms with van der Waals surface area (Å²) in [5.41, 5.74) is 6.79. The topological polar surface area (TPSA) is 49.9 Å². The summed E-state index contributed by atoms with van der Waals surface area (Å²) < 4.78 is 0. The van der Waals surface area contributed by atoms with Gasteiger partial charge in [0, 0.05) is 5.56 Å². The SMILES string of the molecule is Cc1c(N)c1=N. The van der Waals surface area contributed by atoms with Crippen LogP contribution in [0.5, 0.6) is 0 Å². The Bertz CT molecular complexity index is 152. The summed E-state index contributed by atoms with van der Waals surface area (Å²) in [5.74, 6) is 0. The van der Waals surface area contributed by atoms with Gasteiger partial charge in [-0.1, -0.05) is 0 Å². The molecule has 0 atom stereocenters. The average molecular weight is 82.1 g/mol. The van der Waals surface area contributed by atoms with Crippen molar-refractivity contribution in [1.29, 1.82) is 5.41 Å². The van der Waals surface area contributed by atoms with Crippen molar-refractivity contribution in [2.24, 2.45) is 0 Å². The molecule has 1 aromatic rings. The quantitative estimate of drug-likeness (QED) is 0.452. The largest absolute Gasteiger partial charge is 0.397 e. The van der Waals surface area contributed by atoms with E-state index in [1.54, 1.807) is 0 Å². The van der Waals surface area contributed by atoms with Crippen LogP contribution >= 0.6 is 0 Å². The maximum absolute atomic E-state index is 6.82. The van der Waals surface area contributed by atoms with Crippen molar-refractivity contribution in [3.05, 3.63) is 10.9 Å². The molecule has 0 fully saturated rings. The summed E-state index contributed by atoms with van der Waals surface area (Å²) in [6, 6.07) is 0. The van der Waals surface area contributed by atoms with Crippen LogP contribution in [0.25, 0.3) is 0 Å². The van der Waals surface area contributed by atoms with E-state index in [1.807, 2.05) is 6.92 Å². The fourth-order valence-electron chi connectivity index (χ4n) is 0.301. The van der Waals surface area contributed by atoms with Crippen molar-refractivity contribution in [2.75, 3.05) is 5.73 Å². The van der Waals surface area contributed by atoms with Gasteiger partial charge in [-0.25, -0.2) is 0 Å². The first-order valence-electron chi connectivity index (χ1n) is 1.79. The molecule has 0 aliphatic rings. The Morgan fingerprint density at radius 1 is 1.67 bits per heavy atom. The lowest BCUT2D eigenvalue weighted by atomic mass is 10.6. The van der Waals surface area contributed by atoms with Gasteiger partial charge in [0.25, 0.3) is 0 Å². The van der Waals surface area contributed by atoms with Crippen molar-refractivity contribution < 1.29 is 0 Å². The van der Waals surface area contributed by atoms with E-state index < -0.39 is 0 Å². The number of nitrogen functional groups attached to an aromatic ring is 1. The molecule has 1 rings (SSSR count). The number of nitrogens with two attached hydrogens (primary N) is 1.